The van der Waals surface area contributed by atoms with E-state index in [4.69, 9.17) is 21.1 Å². The Kier molecular flexibility index (Phi) is 5.50. The van der Waals surface area contributed by atoms with Gasteiger partial charge in [-0.2, -0.15) is 0 Å². The minimum Gasteiger partial charge on any atom is -0.495 e. The lowest BCUT2D eigenvalue weighted by Crippen LogP contribution is -2.30. The molecule has 0 spiro atoms. The Bertz CT molecular complexity index is 692. The number of rotatable bonds is 5. The van der Waals surface area contributed by atoms with E-state index in [0.29, 0.717) is 22.2 Å². The standard InChI is InChI=1S/C18H20ClNO3/c1-11-9-14(10-12(2)17(11)19)23-13(3)18(21)20-15-7-5-6-8-16(15)22-4/h5-10,13H,1-4H3,(H,20,21)/t13-/m1/s1. The van der Waals surface area contributed by atoms with Gasteiger partial charge in [0.2, 0.25) is 0 Å². The second-order valence-electron chi connectivity index (χ2n) is 5.32. The van der Waals surface area contributed by atoms with Crippen molar-refractivity contribution in [1.82, 2.24) is 0 Å². The highest BCUT2D eigenvalue weighted by Crippen LogP contribution is 2.27. The number of carbonyl (C=O) groups is 1. The van der Waals surface area contributed by atoms with Gasteiger partial charge in [0.15, 0.2) is 6.10 Å². The highest BCUT2D eigenvalue weighted by atomic mass is 35.5. The van der Waals surface area contributed by atoms with Crippen LogP contribution in [0.3, 0.4) is 0 Å². The fraction of sp³-hybridized carbons (Fsp3) is 0.278. The van der Waals surface area contributed by atoms with E-state index in [-0.39, 0.29) is 5.91 Å². The van der Waals surface area contributed by atoms with Crippen molar-refractivity contribution in [2.75, 3.05) is 12.4 Å². The van der Waals surface area contributed by atoms with Crippen LogP contribution < -0.4 is 14.8 Å². The Morgan fingerprint density at radius 2 is 1.78 bits per heavy atom. The molecule has 2 aromatic carbocycles. The molecule has 0 heterocycles. The number of hydrogen-bond donors (Lipinski definition) is 1. The number of benzene rings is 2. The maximum absolute atomic E-state index is 12.3. The summed E-state index contributed by atoms with van der Waals surface area (Å²) in [4.78, 5) is 12.3. The first kappa shape index (κ1) is 17.2. The number of para-hydroxylation sites is 2. The van der Waals surface area contributed by atoms with Crippen molar-refractivity contribution in [3.8, 4) is 11.5 Å². The highest BCUT2D eigenvalue weighted by molar-refractivity contribution is 6.32. The van der Waals surface area contributed by atoms with Crippen molar-refractivity contribution >= 4 is 23.2 Å². The van der Waals surface area contributed by atoms with E-state index in [1.807, 2.05) is 38.1 Å². The summed E-state index contributed by atoms with van der Waals surface area (Å²) in [7, 11) is 1.56. The first-order valence-electron chi connectivity index (χ1n) is 7.29. The number of ether oxygens (including phenoxy) is 2. The summed E-state index contributed by atoms with van der Waals surface area (Å²) < 4.78 is 10.9. The SMILES string of the molecule is COc1ccccc1NC(=O)[C@@H](C)Oc1cc(C)c(Cl)c(C)c1. The molecule has 2 aromatic rings. The molecule has 1 atom stereocenters. The molecule has 0 aliphatic rings. The van der Waals surface area contributed by atoms with Gasteiger partial charge in [0.1, 0.15) is 11.5 Å². The van der Waals surface area contributed by atoms with E-state index >= 15 is 0 Å². The van der Waals surface area contributed by atoms with Gasteiger partial charge >= 0.3 is 0 Å². The van der Waals surface area contributed by atoms with Gasteiger partial charge in [-0.15, -0.1) is 0 Å². The molecule has 4 nitrogen and oxygen atoms in total. The van der Waals surface area contributed by atoms with Crippen LogP contribution in [0.1, 0.15) is 18.1 Å². The summed E-state index contributed by atoms with van der Waals surface area (Å²) in [5, 5.41) is 3.52. The van der Waals surface area contributed by atoms with Crippen LogP contribution in [-0.4, -0.2) is 19.1 Å². The van der Waals surface area contributed by atoms with E-state index in [2.05, 4.69) is 5.32 Å². The topological polar surface area (TPSA) is 47.6 Å². The van der Waals surface area contributed by atoms with Crippen molar-refractivity contribution in [1.29, 1.82) is 0 Å². The highest BCUT2D eigenvalue weighted by Gasteiger charge is 2.17. The van der Waals surface area contributed by atoms with Crippen LogP contribution in [0.25, 0.3) is 0 Å². The summed E-state index contributed by atoms with van der Waals surface area (Å²) >= 11 is 6.14. The molecule has 1 amide bonds. The Hall–Kier alpha value is -2.20. The molecule has 122 valence electrons. The predicted octanol–water partition coefficient (Wildman–Crippen LogP) is 4.37. The van der Waals surface area contributed by atoms with Gasteiger partial charge in [0, 0.05) is 5.02 Å². The van der Waals surface area contributed by atoms with Crippen LogP contribution in [0.2, 0.25) is 5.02 Å². The second kappa shape index (κ2) is 7.38. The van der Waals surface area contributed by atoms with E-state index in [0.717, 1.165) is 11.1 Å². The largest absolute Gasteiger partial charge is 0.495 e. The molecule has 0 saturated carbocycles. The lowest BCUT2D eigenvalue weighted by atomic mass is 10.1. The van der Waals surface area contributed by atoms with Crippen LogP contribution >= 0.6 is 11.6 Å². The van der Waals surface area contributed by atoms with Crippen LogP contribution in [0, 0.1) is 13.8 Å². The van der Waals surface area contributed by atoms with Gasteiger partial charge in [-0.3, -0.25) is 4.79 Å². The third kappa shape index (κ3) is 4.17. The normalized spacial score (nSPS) is 11.7. The van der Waals surface area contributed by atoms with Gasteiger partial charge in [-0.25, -0.2) is 0 Å². The zero-order valence-electron chi connectivity index (χ0n) is 13.6. The zero-order chi connectivity index (χ0) is 17.0. The number of aryl methyl sites for hydroxylation is 2. The van der Waals surface area contributed by atoms with Crippen LogP contribution in [0.15, 0.2) is 36.4 Å². The van der Waals surface area contributed by atoms with Gasteiger partial charge in [-0.1, -0.05) is 23.7 Å². The number of carbonyl (C=O) groups excluding carboxylic acids is 1. The molecular weight excluding hydrogens is 314 g/mol. The first-order valence-corrected chi connectivity index (χ1v) is 7.67. The molecule has 0 bridgehead atoms. The number of hydrogen-bond acceptors (Lipinski definition) is 3. The molecule has 0 radical (unpaired) electrons. The smallest absolute Gasteiger partial charge is 0.265 e. The maximum atomic E-state index is 12.3. The van der Waals surface area contributed by atoms with Crippen molar-refractivity contribution in [2.24, 2.45) is 0 Å². The molecule has 0 aromatic heterocycles. The summed E-state index contributed by atoms with van der Waals surface area (Å²) in [6, 6.07) is 10.9. The lowest BCUT2D eigenvalue weighted by molar-refractivity contribution is -0.122. The average Bonchev–Trinajstić information content (AvgIpc) is 2.53. The summed E-state index contributed by atoms with van der Waals surface area (Å²) in [5.74, 6) is 0.970. The number of methoxy groups -OCH3 is 1. The lowest BCUT2D eigenvalue weighted by Gasteiger charge is -2.17. The summed E-state index contributed by atoms with van der Waals surface area (Å²) in [6.07, 6.45) is -0.653. The monoisotopic (exact) mass is 333 g/mol. The van der Waals surface area contributed by atoms with Gasteiger partial charge < -0.3 is 14.8 Å². The number of nitrogens with one attached hydrogen (secondary N) is 1. The first-order chi connectivity index (χ1) is 10.9. The Morgan fingerprint density at radius 3 is 2.39 bits per heavy atom. The van der Waals surface area contributed by atoms with Crippen LogP contribution in [0.5, 0.6) is 11.5 Å². The minimum atomic E-state index is -0.653. The third-order valence-corrected chi connectivity index (χ3v) is 4.05. The summed E-state index contributed by atoms with van der Waals surface area (Å²) in [6.45, 7) is 5.51. The minimum absolute atomic E-state index is 0.250. The van der Waals surface area contributed by atoms with Gasteiger partial charge in [0.25, 0.3) is 5.91 Å². The van der Waals surface area contributed by atoms with Crippen molar-refractivity contribution in [3.05, 3.63) is 52.5 Å². The van der Waals surface area contributed by atoms with E-state index in [9.17, 15) is 4.79 Å². The van der Waals surface area contributed by atoms with E-state index < -0.39 is 6.10 Å². The number of amides is 1. The fourth-order valence-electron chi connectivity index (χ4n) is 2.21. The summed E-state index contributed by atoms with van der Waals surface area (Å²) in [5.41, 5.74) is 2.44. The molecule has 0 aliphatic carbocycles. The van der Waals surface area contributed by atoms with E-state index in [1.54, 1.807) is 26.2 Å². The quantitative estimate of drug-likeness (QED) is 0.883. The zero-order valence-corrected chi connectivity index (χ0v) is 14.4. The number of halogens is 1. The average molecular weight is 334 g/mol. The Morgan fingerprint density at radius 1 is 1.17 bits per heavy atom. The molecule has 0 fully saturated rings. The molecule has 0 aliphatic heterocycles. The second-order valence-corrected chi connectivity index (χ2v) is 5.70. The molecule has 1 N–H and O–H groups in total. The molecular formula is C18H20ClNO3. The van der Waals surface area contributed by atoms with Crippen molar-refractivity contribution < 1.29 is 14.3 Å². The van der Waals surface area contributed by atoms with E-state index in [1.165, 1.54) is 0 Å². The fourth-order valence-corrected chi connectivity index (χ4v) is 2.32. The molecule has 0 unspecified atom stereocenters. The molecule has 0 saturated heterocycles. The van der Waals surface area contributed by atoms with Crippen LogP contribution in [0.4, 0.5) is 5.69 Å². The third-order valence-electron chi connectivity index (χ3n) is 3.46. The Balaban J connectivity index is 2.08. The maximum Gasteiger partial charge on any atom is 0.265 e. The molecule has 23 heavy (non-hydrogen) atoms. The van der Waals surface area contributed by atoms with Gasteiger partial charge in [0.05, 0.1) is 12.8 Å². The van der Waals surface area contributed by atoms with Crippen molar-refractivity contribution in [3.63, 3.8) is 0 Å². The Labute approximate surface area is 141 Å². The predicted molar refractivity (Wildman–Crippen MR) is 92.6 cm³/mol. The number of anilines is 1. The van der Waals surface area contributed by atoms with Crippen molar-refractivity contribution in [2.45, 2.75) is 26.9 Å². The van der Waals surface area contributed by atoms with Crippen LogP contribution in [-0.2, 0) is 4.79 Å². The molecule has 2 rings (SSSR count). The molecule has 5 heteroatoms. The van der Waals surface area contributed by atoms with Gasteiger partial charge in [-0.05, 0) is 56.2 Å².